The largest absolute Gasteiger partial charge is 0.496 e. The Kier molecular flexibility index (Phi) is 5.68. The highest BCUT2D eigenvalue weighted by atomic mass is 16.5. The van der Waals surface area contributed by atoms with Crippen LogP contribution < -0.4 is 15.4 Å². The number of carbonyl (C=O) groups is 1. The van der Waals surface area contributed by atoms with Crippen molar-refractivity contribution in [3.8, 4) is 5.75 Å². The normalized spacial score (nSPS) is 10.0. The van der Waals surface area contributed by atoms with Crippen LogP contribution in [0.15, 0.2) is 43.0 Å². The molecule has 0 atom stereocenters. The van der Waals surface area contributed by atoms with Gasteiger partial charge in [0.15, 0.2) is 0 Å². The number of hydrogen-bond acceptors (Lipinski definition) is 5. The topological polar surface area (TPSA) is 76.1 Å². The first kappa shape index (κ1) is 16.5. The molecule has 2 rings (SSSR count). The molecule has 1 amide bonds. The number of aryl methyl sites for hydroxylation is 1. The number of carbonyl (C=O) groups excluding carboxylic acids is 1. The summed E-state index contributed by atoms with van der Waals surface area (Å²) in [6.07, 6.45) is 1.62. The Bertz CT molecular complexity index is 701. The van der Waals surface area contributed by atoms with Crippen LogP contribution in [-0.4, -0.2) is 29.5 Å². The second kappa shape index (κ2) is 7.93. The second-order valence-electron chi connectivity index (χ2n) is 4.85. The van der Waals surface area contributed by atoms with Crippen LogP contribution in [0.3, 0.4) is 0 Å². The molecule has 0 aliphatic rings. The van der Waals surface area contributed by atoms with E-state index in [1.165, 1.54) is 0 Å². The number of nitrogens with one attached hydrogen (secondary N) is 2. The van der Waals surface area contributed by atoms with Crippen molar-refractivity contribution < 1.29 is 9.53 Å². The number of nitrogens with zero attached hydrogens (tertiary/aromatic N) is 2. The van der Waals surface area contributed by atoms with Crippen molar-refractivity contribution in [2.75, 3.05) is 19.0 Å². The van der Waals surface area contributed by atoms with Gasteiger partial charge in [-0.2, -0.15) is 0 Å². The lowest BCUT2D eigenvalue weighted by atomic mass is 10.2. The summed E-state index contributed by atoms with van der Waals surface area (Å²) in [5, 5.41) is 5.90. The Morgan fingerprint density at radius 1 is 1.35 bits per heavy atom. The van der Waals surface area contributed by atoms with E-state index in [0.29, 0.717) is 30.4 Å². The van der Waals surface area contributed by atoms with E-state index in [1.807, 2.05) is 24.3 Å². The summed E-state index contributed by atoms with van der Waals surface area (Å²) in [4.78, 5) is 20.4. The average Bonchev–Trinajstić information content (AvgIpc) is 2.57. The third kappa shape index (κ3) is 4.54. The fraction of sp³-hybridized carbons (Fsp3) is 0.235. The number of para-hydroxylation sites is 1. The average molecular weight is 312 g/mol. The molecule has 120 valence electrons. The van der Waals surface area contributed by atoms with E-state index in [4.69, 9.17) is 4.74 Å². The fourth-order valence-corrected chi connectivity index (χ4v) is 2.06. The number of amides is 1. The van der Waals surface area contributed by atoms with Gasteiger partial charge in [0.25, 0.3) is 5.91 Å². The molecule has 0 aliphatic heterocycles. The maximum absolute atomic E-state index is 12.0. The van der Waals surface area contributed by atoms with Crippen LogP contribution in [0.1, 0.15) is 21.9 Å². The molecule has 0 bridgehead atoms. The molecule has 0 spiro atoms. The summed E-state index contributed by atoms with van der Waals surface area (Å²) in [5.74, 6) is 1.66. The van der Waals surface area contributed by atoms with Gasteiger partial charge in [0.1, 0.15) is 23.1 Å². The van der Waals surface area contributed by atoms with Crippen LogP contribution in [0.4, 0.5) is 5.82 Å². The first-order valence-electron chi connectivity index (χ1n) is 7.24. The van der Waals surface area contributed by atoms with Gasteiger partial charge in [-0.25, -0.2) is 9.97 Å². The molecule has 0 radical (unpaired) electrons. The maximum Gasteiger partial charge on any atom is 0.270 e. The predicted molar refractivity (Wildman–Crippen MR) is 89.6 cm³/mol. The number of aromatic nitrogens is 2. The number of rotatable bonds is 7. The quantitative estimate of drug-likeness (QED) is 0.767. The van der Waals surface area contributed by atoms with Crippen molar-refractivity contribution in [2.24, 2.45) is 0 Å². The Labute approximate surface area is 135 Å². The van der Waals surface area contributed by atoms with Crippen LogP contribution >= 0.6 is 0 Å². The third-order valence-corrected chi connectivity index (χ3v) is 3.13. The van der Waals surface area contributed by atoms with E-state index in [9.17, 15) is 4.79 Å². The number of anilines is 1. The zero-order chi connectivity index (χ0) is 16.7. The van der Waals surface area contributed by atoms with Gasteiger partial charge in [0.2, 0.25) is 0 Å². The van der Waals surface area contributed by atoms with Gasteiger partial charge in [-0.3, -0.25) is 4.79 Å². The zero-order valence-corrected chi connectivity index (χ0v) is 13.3. The van der Waals surface area contributed by atoms with E-state index < -0.39 is 0 Å². The Morgan fingerprint density at radius 2 is 2.13 bits per heavy atom. The number of methoxy groups -OCH3 is 1. The summed E-state index contributed by atoms with van der Waals surface area (Å²) in [6, 6.07) is 9.35. The van der Waals surface area contributed by atoms with Gasteiger partial charge in [0, 0.05) is 24.7 Å². The van der Waals surface area contributed by atoms with Crippen molar-refractivity contribution in [1.29, 1.82) is 0 Å². The molecule has 0 aliphatic carbocycles. The van der Waals surface area contributed by atoms with Crippen LogP contribution in [0.5, 0.6) is 5.75 Å². The minimum absolute atomic E-state index is 0.254. The minimum atomic E-state index is -0.254. The lowest BCUT2D eigenvalue weighted by Gasteiger charge is -2.11. The molecular weight excluding hydrogens is 292 g/mol. The second-order valence-corrected chi connectivity index (χ2v) is 4.85. The Morgan fingerprint density at radius 3 is 2.87 bits per heavy atom. The minimum Gasteiger partial charge on any atom is -0.496 e. The first-order chi connectivity index (χ1) is 11.1. The maximum atomic E-state index is 12.0. The molecule has 0 saturated heterocycles. The number of benzene rings is 1. The smallest absolute Gasteiger partial charge is 0.270 e. The Hall–Kier alpha value is -2.89. The highest BCUT2D eigenvalue weighted by Crippen LogP contribution is 2.18. The summed E-state index contributed by atoms with van der Waals surface area (Å²) < 4.78 is 5.32. The van der Waals surface area contributed by atoms with E-state index in [0.717, 1.165) is 11.3 Å². The van der Waals surface area contributed by atoms with Crippen LogP contribution in [0.25, 0.3) is 0 Å². The summed E-state index contributed by atoms with van der Waals surface area (Å²) in [5.41, 5.74) is 1.32. The van der Waals surface area contributed by atoms with Crippen molar-refractivity contribution in [1.82, 2.24) is 15.3 Å². The van der Waals surface area contributed by atoms with Crippen LogP contribution in [-0.2, 0) is 6.54 Å². The third-order valence-electron chi connectivity index (χ3n) is 3.13. The summed E-state index contributed by atoms with van der Waals surface area (Å²) >= 11 is 0. The SMILES string of the molecule is C=CCNC(=O)c1cc(NCc2ccccc2OC)nc(C)n1. The van der Waals surface area contributed by atoms with Gasteiger partial charge in [-0.15, -0.1) is 6.58 Å². The lowest BCUT2D eigenvalue weighted by molar-refractivity contribution is 0.0952. The van der Waals surface area contributed by atoms with Gasteiger partial charge in [-0.05, 0) is 13.0 Å². The molecule has 1 aromatic heterocycles. The molecule has 2 aromatic rings. The molecule has 6 nitrogen and oxygen atoms in total. The Balaban J connectivity index is 2.12. The molecule has 1 heterocycles. The molecule has 0 saturated carbocycles. The standard InChI is InChI=1S/C17H20N4O2/c1-4-9-18-17(22)14-10-16(21-12(2)20-14)19-11-13-7-5-6-8-15(13)23-3/h4-8,10H,1,9,11H2,2-3H3,(H,18,22)(H,19,20,21). The molecule has 2 N–H and O–H groups in total. The fourth-order valence-electron chi connectivity index (χ4n) is 2.06. The van der Waals surface area contributed by atoms with Crippen molar-refractivity contribution in [3.63, 3.8) is 0 Å². The molecule has 1 aromatic carbocycles. The highest BCUT2D eigenvalue weighted by Gasteiger charge is 2.10. The van der Waals surface area contributed by atoms with Crippen molar-refractivity contribution in [3.05, 3.63) is 60.1 Å². The van der Waals surface area contributed by atoms with Crippen LogP contribution in [0.2, 0.25) is 0 Å². The monoisotopic (exact) mass is 312 g/mol. The summed E-state index contributed by atoms with van der Waals surface area (Å²) in [6.45, 7) is 6.25. The molecular formula is C17H20N4O2. The summed E-state index contributed by atoms with van der Waals surface area (Å²) in [7, 11) is 1.63. The number of hydrogen-bond donors (Lipinski definition) is 2. The highest BCUT2D eigenvalue weighted by molar-refractivity contribution is 5.93. The first-order valence-corrected chi connectivity index (χ1v) is 7.24. The van der Waals surface area contributed by atoms with Gasteiger partial charge >= 0.3 is 0 Å². The number of ether oxygens (including phenoxy) is 1. The lowest BCUT2D eigenvalue weighted by Crippen LogP contribution is -2.24. The van der Waals surface area contributed by atoms with Crippen molar-refractivity contribution in [2.45, 2.75) is 13.5 Å². The molecule has 0 unspecified atom stereocenters. The van der Waals surface area contributed by atoms with Crippen molar-refractivity contribution >= 4 is 11.7 Å². The molecule has 0 fully saturated rings. The molecule has 6 heteroatoms. The molecule has 23 heavy (non-hydrogen) atoms. The van der Waals surface area contributed by atoms with E-state index >= 15 is 0 Å². The zero-order valence-electron chi connectivity index (χ0n) is 13.3. The predicted octanol–water partition coefficient (Wildman–Crippen LogP) is 2.32. The van der Waals surface area contributed by atoms with Gasteiger partial charge in [0.05, 0.1) is 7.11 Å². The van der Waals surface area contributed by atoms with E-state index in [-0.39, 0.29) is 5.91 Å². The van der Waals surface area contributed by atoms with Gasteiger partial charge < -0.3 is 15.4 Å². The van der Waals surface area contributed by atoms with E-state index in [2.05, 4.69) is 27.2 Å². The van der Waals surface area contributed by atoms with Gasteiger partial charge in [-0.1, -0.05) is 24.3 Å². The van der Waals surface area contributed by atoms with Crippen LogP contribution in [0, 0.1) is 6.92 Å². The van der Waals surface area contributed by atoms with E-state index in [1.54, 1.807) is 26.2 Å².